The van der Waals surface area contributed by atoms with Crippen LogP contribution in [0.4, 0.5) is 0 Å². The molecule has 1 rings (SSSR count). The van der Waals surface area contributed by atoms with Crippen LogP contribution in [-0.4, -0.2) is 37.0 Å². The maximum absolute atomic E-state index is 11.7. The van der Waals surface area contributed by atoms with Crippen LogP contribution in [-0.2, 0) is 4.79 Å². The number of amides is 1. The second kappa shape index (κ2) is 4.97. The van der Waals surface area contributed by atoms with Gasteiger partial charge in [0.05, 0.1) is 0 Å². The van der Waals surface area contributed by atoms with E-state index in [9.17, 15) is 4.79 Å². The van der Waals surface area contributed by atoms with Crippen molar-refractivity contribution in [2.45, 2.75) is 46.1 Å². The van der Waals surface area contributed by atoms with Crippen LogP contribution in [0, 0.1) is 5.41 Å². The molecular weight excluding hydrogens is 188 g/mol. The number of carbonyl (C=O) groups is 1. The number of hydrogen-bond acceptors (Lipinski definition) is 2. The minimum Gasteiger partial charge on any atom is -0.341 e. The van der Waals surface area contributed by atoms with Gasteiger partial charge in [0.1, 0.15) is 0 Å². The second-order valence-electron chi connectivity index (χ2n) is 5.50. The van der Waals surface area contributed by atoms with Crippen molar-refractivity contribution in [3.05, 3.63) is 0 Å². The maximum atomic E-state index is 11.7. The number of carbonyl (C=O) groups excluding carboxylic acids is 1. The topological polar surface area (TPSA) is 32.3 Å². The largest absolute Gasteiger partial charge is 0.341 e. The van der Waals surface area contributed by atoms with Gasteiger partial charge in [-0.2, -0.15) is 0 Å². The van der Waals surface area contributed by atoms with Gasteiger partial charge in [0, 0.05) is 25.6 Å². The molecule has 0 aromatic rings. The molecule has 1 unspecified atom stereocenters. The Bertz CT molecular complexity index is 220. The fourth-order valence-electron chi connectivity index (χ4n) is 2.07. The molecule has 1 saturated heterocycles. The second-order valence-corrected chi connectivity index (χ2v) is 5.50. The highest BCUT2D eigenvalue weighted by Gasteiger charge is 2.28. The molecule has 1 aliphatic rings. The van der Waals surface area contributed by atoms with Gasteiger partial charge in [0.25, 0.3) is 0 Å². The van der Waals surface area contributed by atoms with Gasteiger partial charge in [-0.3, -0.25) is 4.79 Å². The molecule has 1 heterocycles. The zero-order valence-electron chi connectivity index (χ0n) is 10.5. The summed E-state index contributed by atoms with van der Waals surface area (Å²) in [4.78, 5) is 13.7. The molecule has 15 heavy (non-hydrogen) atoms. The quantitative estimate of drug-likeness (QED) is 0.771. The zero-order valence-corrected chi connectivity index (χ0v) is 10.5. The summed E-state index contributed by atoms with van der Waals surface area (Å²) in [5.41, 5.74) is 0.201. The van der Waals surface area contributed by atoms with Gasteiger partial charge in [0.15, 0.2) is 0 Å². The van der Waals surface area contributed by atoms with Crippen molar-refractivity contribution >= 4 is 5.91 Å². The summed E-state index contributed by atoms with van der Waals surface area (Å²) in [7, 11) is 1.98. The standard InChI is InChI=1S/C12H24N2O/c1-12(2,3)10(13-4)9-14-8-6-5-7-11(14)15/h10,13H,5-9H2,1-4H3. The van der Waals surface area contributed by atoms with Crippen molar-refractivity contribution < 1.29 is 4.79 Å². The summed E-state index contributed by atoms with van der Waals surface area (Å²) in [6.45, 7) is 8.42. The molecule has 0 aromatic heterocycles. The maximum Gasteiger partial charge on any atom is 0.222 e. The molecule has 0 bridgehead atoms. The van der Waals surface area contributed by atoms with Crippen LogP contribution >= 0.6 is 0 Å². The Morgan fingerprint density at radius 1 is 1.40 bits per heavy atom. The van der Waals surface area contributed by atoms with Crippen molar-refractivity contribution in [1.82, 2.24) is 10.2 Å². The van der Waals surface area contributed by atoms with Gasteiger partial charge in [-0.25, -0.2) is 0 Å². The highest BCUT2D eigenvalue weighted by atomic mass is 16.2. The van der Waals surface area contributed by atoms with E-state index in [4.69, 9.17) is 0 Å². The fraction of sp³-hybridized carbons (Fsp3) is 0.917. The van der Waals surface area contributed by atoms with Crippen molar-refractivity contribution in [2.24, 2.45) is 5.41 Å². The first kappa shape index (κ1) is 12.5. The zero-order chi connectivity index (χ0) is 11.5. The van der Waals surface area contributed by atoms with Crippen molar-refractivity contribution in [3.8, 4) is 0 Å². The van der Waals surface area contributed by atoms with E-state index >= 15 is 0 Å². The number of likely N-dealkylation sites (N-methyl/N-ethyl adjacent to an activating group) is 1. The molecule has 0 aliphatic carbocycles. The van der Waals surface area contributed by atoms with Gasteiger partial charge in [-0.05, 0) is 25.3 Å². The van der Waals surface area contributed by atoms with Crippen molar-refractivity contribution in [3.63, 3.8) is 0 Å². The van der Waals surface area contributed by atoms with E-state index in [2.05, 4.69) is 26.1 Å². The Balaban J connectivity index is 2.54. The van der Waals surface area contributed by atoms with E-state index in [1.54, 1.807) is 0 Å². The highest BCUT2D eigenvalue weighted by Crippen LogP contribution is 2.21. The molecule has 3 heteroatoms. The summed E-state index contributed by atoms with van der Waals surface area (Å²) in [5.74, 6) is 0.325. The number of rotatable bonds is 3. The first-order valence-corrected chi connectivity index (χ1v) is 5.90. The Morgan fingerprint density at radius 2 is 2.07 bits per heavy atom. The van der Waals surface area contributed by atoms with E-state index in [1.807, 2.05) is 11.9 Å². The predicted molar refractivity (Wildman–Crippen MR) is 62.7 cm³/mol. The minimum absolute atomic E-state index is 0.201. The Hall–Kier alpha value is -0.570. The molecule has 0 saturated carbocycles. The van der Waals surface area contributed by atoms with Crippen LogP contribution in [0.1, 0.15) is 40.0 Å². The Morgan fingerprint density at radius 3 is 2.53 bits per heavy atom. The molecule has 0 aromatic carbocycles. The summed E-state index contributed by atoms with van der Waals surface area (Å²) >= 11 is 0. The van der Waals surface area contributed by atoms with E-state index in [-0.39, 0.29) is 5.41 Å². The molecule has 1 amide bonds. The van der Waals surface area contributed by atoms with Crippen LogP contribution in [0.15, 0.2) is 0 Å². The molecule has 0 radical (unpaired) electrons. The van der Waals surface area contributed by atoms with E-state index in [1.165, 1.54) is 0 Å². The number of piperidine rings is 1. The molecule has 1 aliphatic heterocycles. The number of nitrogens with zero attached hydrogens (tertiary/aromatic N) is 1. The summed E-state index contributed by atoms with van der Waals surface area (Å²) in [6.07, 6.45) is 2.96. The van der Waals surface area contributed by atoms with Crippen LogP contribution in [0.25, 0.3) is 0 Å². The molecule has 0 spiro atoms. The van der Waals surface area contributed by atoms with Crippen molar-refractivity contribution in [2.75, 3.05) is 20.1 Å². The third kappa shape index (κ3) is 3.49. The lowest BCUT2D eigenvalue weighted by Gasteiger charge is -2.36. The van der Waals surface area contributed by atoms with Gasteiger partial charge < -0.3 is 10.2 Å². The van der Waals surface area contributed by atoms with Gasteiger partial charge in [0.2, 0.25) is 5.91 Å². The lowest BCUT2D eigenvalue weighted by molar-refractivity contribution is -0.134. The van der Waals surface area contributed by atoms with E-state index in [0.29, 0.717) is 11.9 Å². The third-order valence-corrected chi connectivity index (χ3v) is 3.22. The molecule has 88 valence electrons. The monoisotopic (exact) mass is 212 g/mol. The van der Waals surface area contributed by atoms with Gasteiger partial charge in [-0.15, -0.1) is 0 Å². The smallest absolute Gasteiger partial charge is 0.222 e. The first-order chi connectivity index (χ1) is 6.95. The van der Waals surface area contributed by atoms with Gasteiger partial charge in [-0.1, -0.05) is 20.8 Å². The van der Waals surface area contributed by atoms with Crippen LogP contribution < -0.4 is 5.32 Å². The highest BCUT2D eigenvalue weighted by molar-refractivity contribution is 5.76. The number of nitrogens with one attached hydrogen (secondary N) is 1. The Labute approximate surface area is 93.2 Å². The van der Waals surface area contributed by atoms with Crippen LogP contribution in [0.2, 0.25) is 0 Å². The molecule has 1 fully saturated rings. The average molecular weight is 212 g/mol. The average Bonchev–Trinajstić information content (AvgIpc) is 2.14. The Kier molecular flexibility index (Phi) is 4.14. The lowest BCUT2D eigenvalue weighted by Crippen LogP contribution is -2.50. The number of likely N-dealkylation sites (tertiary alicyclic amines) is 1. The summed E-state index contributed by atoms with van der Waals surface area (Å²) in [6, 6.07) is 0.375. The van der Waals surface area contributed by atoms with Crippen molar-refractivity contribution in [1.29, 1.82) is 0 Å². The van der Waals surface area contributed by atoms with E-state index < -0.39 is 0 Å². The summed E-state index contributed by atoms with van der Waals surface area (Å²) in [5, 5.41) is 3.32. The summed E-state index contributed by atoms with van der Waals surface area (Å²) < 4.78 is 0. The SMILES string of the molecule is CNC(CN1CCCCC1=O)C(C)(C)C. The van der Waals surface area contributed by atoms with Crippen LogP contribution in [0.5, 0.6) is 0 Å². The fourth-order valence-corrected chi connectivity index (χ4v) is 2.07. The normalized spacial score (nSPS) is 20.5. The molecular formula is C12H24N2O. The first-order valence-electron chi connectivity index (χ1n) is 5.90. The number of hydrogen-bond donors (Lipinski definition) is 1. The van der Waals surface area contributed by atoms with Gasteiger partial charge >= 0.3 is 0 Å². The molecule has 3 nitrogen and oxygen atoms in total. The molecule has 1 N–H and O–H groups in total. The third-order valence-electron chi connectivity index (χ3n) is 3.22. The minimum atomic E-state index is 0.201. The lowest BCUT2D eigenvalue weighted by atomic mass is 9.86. The predicted octanol–water partition coefficient (Wildman–Crippen LogP) is 1.63. The van der Waals surface area contributed by atoms with Crippen LogP contribution in [0.3, 0.4) is 0 Å². The van der Waals surface area contributed by atoms with E-state index in [0.717, 1.165) is 32.4 Å². The molecule has 1 atom stereocenters.